The van der Waals surface area contributed by atoms with Crippen LogP contribution in [0.4, 0.5) is 5.69 Å². The zero-order valence-corrected chi connectivity index (χ0v) is 18.0. The van der Waals surface area contributed by atoms with Crippen LogP contribution in [0.5, 0.6) is 0 Å². The van der Waals surface area contributed by atoms with E-state index in [2.05, 4.69) is 15.0 Å². The maximum atomic E-state index is 13.2. The zero-order chi connectivity index (χ0) is 21.2. The van der Waals surface area contributed by atoms with Gasteiger partial charge in [0.25, 0.3) is 5.56 Å². The van der Waals surface area contributed by atoms with Crippen LogP contribution in [0, 0.1) is 0 Å². The summed E-state index contributed by atoms with van der Waals surface area (Å²) in [6.07, 6.45) is 10.4. The first-order valence-corrected chi connectivity index (χ1v) is 11.1. The standard InChI is InChI=1S/C24H24ClN5O/c25-19-12-13-20-21(22(19)28-14-6-1-2-7-15-28)23(31)27-24-29(20)17-26-30(24)16-8-11-18-9-4-3-5-10-18/h3-5,8-13,17H,1-2,6-7,14-16H2. The van der Waals surface area contributed by atoms with Gasteiger partial charge < -0.3 is 4.90 Å². The van der Waals surface area contributed by atoms with Gasteiger partial charge in [-0.2, -0.15) is 10.1 Å². The molecule has 0 bridgehead atoms. The summed E-state index contributed by atoms with van der Waals surface area (Å²) in [4.78, 5) is 19.8. The van der Waals surface area contributed by atoms with Crippen LogP contribution in [0.25, 0.3) is 22.8 Å². The maximum absolute atomic E-state index is 13.2. The smallest absolute Gasteiger partial charge is 0.284 e. The second-order valence-electron chi connectivity index (χ2n) is 7.90. The predicted octanol–water partition coefficient (Wildman–Crippen LogP) is 4.79. The highest BCUT2D eigenvalue weighted by Gasteiger charge is 2.20. The minimum atomic E-state index is -0.259. The van der Waals surface area contributed by atoms with E-state index in [0.717, 1.165) is 42.7 Å². The molecule has 0 radical (unpaired) electrons. The molecule has 4 aromatic rings. The van der Waals surface area contributed by atoms with Gasteiger partial charge in [0.1, 0.15) is 6.33 Å². The number of benzene rings is 2. The Morgan fingerprint density at radius 3 is 2.55 bits per heavy atom. The monoisotopic (exact) mass is 433 g/mol. The van der Waals surface area contributed by atoms with E-state index in [-0.39, 0.29) is 5.56 Å². The van der Waals surface area contributed by atoms with E-state index in [1.165, 1.54) is 12.8 Å². The van der Waals surface area contributed by atoms with Crippen LogP contribution >= 0.6 is 11.6 Å². The van der Waals surface area contributed by atoms with Crippen molar-refractivity contribution >= 4 is 40.0 Å². The molecule has 158 valence electrons. The minimum Gasteiger partial charge on any atom is -0.370 e. The van der Waals surface area contributed by atoms with Crippen LogP contribution < -0.4 is 10.5 Å². The van der Waals surface area contributed by atoms with Crippen molar-refractivity contribution in [3.63, 3.8) is 0 Å². The molecule has 31 heavy (non-hydrogen) atoms. The molecule has 0 atom stereocenters. The summed E-state index contributed by atoms with van der Waals surface area (Å²) in [5.41, 5.74) is 2.46. The Labute approximate surface area is 185 Å². The summed E-state index contributed by atoms with van der Waals surface area (Å²) in [7, 11) is 0. The average molecular weight is 434 g/mol. The molecule has 0 amide bonds. The number of aromatic nitrogens is 4. The highest BCUT2D eigenvalue weighted by atomic mass is 35.5. The average Bonchev–Trinajstić information content (AvgIpc) is 3.00. The molecular formula is C24H24ClN5O. The van der Waals surface area contributed by atoms with Gasteiger partial charge in [-0.1, -0.05) is 66.9 Å². The fourth-order valence-electron chi connectivity index (χ4n) is 4.32. The van der Waals surface area contributed by atoms with E-state index in [0.29, 0.717) is 22.7 Å². The van der Waals surface area contributed by atoms with Crippen molar-refractivity contribution in [2.24, 2.45) is 0 Å². The lowest BCUT2D eigenvalue weighted by Gasteiger charge is -2.25. The van der Waals surface area contributed by atoms with Crippen molar-refractivity contribution < 1.29 is 0 Å². The van der Waals surface area contributed by atoms with Gasteiger partial charge in [-0.05, 0) is 30.5 Å². The summed E-state index contributed by atoms with van der Waals surface area (Å²) < 4.78 is 3.62. The van der Waals surface area contributed by atoms with E-state index in [9.17, 15) is 4.79 Å². The lowest BCUT2D eigenvalue weighted by Crippen LogP contribution is -2.26. The van der Waals surface area contributed by atoms with Crippen molar-refractivity contribution in [3.05, 3.63) is 75.8 Å². The number of halogens is 1. The number of hydrogen-bond donors (Lipinski definition) is 0. The Balaban J connectivity index is 1.57. The van der Waals surface area contributed by atoms with Crippen LogP contribution in [0.2, 0.25) is 5.02 Å². The predicted molar refractivity (Wildman–Crippen MR) is 126 cm³/mol. The summed E-state index contributed by atoms with van der Waals surface area (Å²) >= 11 is 6.60. The molecule has 1 aliphatic heterocycles. The SMILES string of the molecule is O=c1nc2n(CC=Cc3ccccc3)ncn2c2ccc(Cl)c(N3CCCCCC3)c12. The fourth-order valence-corrected chi connectivity index (χ4v) is 4.60. The first kappa shape index (κ1) is 19.8. The molecule has 1 aliphatic rings. The van der Waals surface area contributed by atoms with Crippen LogP contribution in [-0.4, -0.2) is 32.3 Å². The van der Waals surface area contributed by atoms with Gasteiger partial charge in [-0.25, -0.2) is 4.68 Å². The molecule has 7 heteroatoms. The molecule has 1 saturated heterocycles. The molecule has 0 saturated carbocycles. The Bertz CT molecular complexity index is 1300. The zero-order valence-electron chi connectivity index (χ0n) is 17.2. The number of fused-ring (bicyclic) bond motifs is 3. The van der Waals surface area contributed by atoms with E-state index in [1.54, 1.807) is 11.0 Å². The molecule has 1 fully saturated rings. The van der Waals surface area contributed by atoms with Gasteiger partial charge >= 0.3 is 0 Å². The normalized spacial score (nSPS) is 15.2. The first-order chi connectivity index (χ1) is 15.2. The van der Waals surface area contributed by atoms with E-state index in [1.807, 2.05) is 59.0 Å². The second kappa shape index (κ2) is 8.55. The fraction of sp³-hybridized carbons (Fsp3) is 0.292. The number of allylic oxidation sites excluding steroid dienone is 1. The van der Waals surface area contributed by atoms with Crippen molar-refractivity contribution in [1.82, 2.24) is 19.2 Å². The van der Waals surface area contributed by atoms with Crippen molar-refractivity contribution in [3.8, 4) is 0 Å². The molecular weight excluding hydrogens is 410 g/mol. The molecule has 0 N–H and O–H groups in total. The van der Waals surface area contributed by atoms with Crippen LogP contribution in [0.1, 0.15) is 31.2 Å². The summed E-state index contributed by atoms with van der Waals surface area (Å²) in [5.74, 6) is 0.527. The molecule has 2 aromatic carbocycles. The highest BCUT2D eigenvalue weighted by molar-refractivity contribution is 6.35. The molecule has 6 nitrogen and oxygen atoms in total. The van der Waals surface area contributed by atoms with Crippen molar-refractivity contribution in [1.29, 1.82) is 0 Å². The van der Waals surface area contributed by atoms with Gasteiger partial charge in [0, 0.05) is 13.1 Å². The van der Waals surface area contributed by atoms with E-state index < -0.39 is 0 Å². The summed E-state index contributed by atoms with van der Waals surface area (Å²) in [6, 6.07) is 13.9. The van der Waals surface area contributed by atoms with Crippen LogP contribution in [-0.2, 0) is 6.54 Å². The largest absolute Gasteiger partial charge is 0.370 e. The Morgan fingerprint density at radius 1 is 1.00 bits per heavy atom. The number of nitrogens with zero attached hydrogens (tertiary/aromatic N) is 5. The quantitative estimate of drug-likeness (QED) is 0.464. The highest BCUT2D eigenvalue weighted by Crippen LogP contribution is 2.34. The number of rotatable bonds is 4. The third-order valence-electron chi connectivity index (χ3n) is 5.84. The van der Waals surface area contributed by atoms with Gasteiger partial charge in [0.2, 0.25) is 5.78 Å². The second-order valence-corrected chi connectivity index (χ2v) is 8.31. The van der Waals surface area contributed by atoms with E-state index in [4.69, 9.17) is 11.6 Å². The molecule has 3 heterocycles. The van der Waals surface area contributed by atoms with E-state index >= 15 is 0 Å². The third-order valence-corrected chi connectivity index (χ3v) is 6.15. The molecule has 5 rings (SSSR count). The summed E-state index contributed by atoms with van der Waals surface area (Å²) in [6.45, 7) is 2.34. The lowest BCUT2D eigenvalue weighted by molar-refractivity contribution is 0.719. The van der Waals surface area contributed by atoms with Crippen LogP contribution in [0.15, 0.2) is 59.7 Å². The van der Waals surface area contributed by atoms with Gasteiger partial charge in [-0.15, -0.1) is 0 Å². The topological polar surface area (TPSA) is 55.4 Å². The van der Waals surface area contributed by atoms with Gasteiger partial charge in [0.05, 0.1) is 28.2 Å². The Hall–Kier alpha value is -3.12. The molecule has 0 unspecified atom stereocenters. The Kier molecular flexibility index (Phi) is 5.47. The minimum absolute atomic E-state index is 0.259. The molecule has 0 spiro atoms. The number of hydrogen-bond acceptors (Lipinski definition) is 4. The third kappa shape index (κ3) is 3.83. The molecule has 0 aliphatic carbocycles. The lowest BCUT2D eigenvalue weighted by atomic mass is 10.1. The van der Waals surface area contributed by atoms with Gasteiger partial charge in [-0.3, -0.25) is 9.20 Å². The molecule has 2 aromatic heterocycles. The van der Waals surface area contributed by atoms with Crippen molar-refractivity contribution in [2.45, 2.75) is 32.2 Å². The first-order valence-electron chi connectivity index (χ1n) is 10.8. The maximum Gasteiger partial charge on any atom is 0.284 e. The van der Waals surface area contributed by atoms with Crippen LogP contribution in [0.3, 0.4) is 0 Å². The Morgan fingerprint density at radius 2 is 1.77 bits per heavy atom. The van der Waals surface area contributed by atoms with Gasteiger partial charge in [0.15, 0.2) is 0 Å². The number of anilines is 1. The van der Waals surface area contributed by atoms with Crippen molar-refractivity contribution in [2.75, 3.05) is 18.0 Å². The summed E-state index contributed by atoms with van der Waals surface area (Å²) in [5, 5.41) is 5.66.